The molecule has 0 saturated heterocycles. The van der Waals surface area contributed by atoms with Crippen molar-refractivity contribution in [3.63, 3.8) is 0 Å². The third kappa shape index (κ3) is 16.0. The van der Waals surface area contributed by atoms with Crippen LogP contribution in [0, 0.1) is 11.8 Å². The molecular formula is C27H52N2O2. The molecule has 0 spiro atoms. The predicted molar refractivity (Wildman–Crippen MR) is 130 cm³/mol. The van der Waals surface area contributed by atoms with Gasteiger partial charge in [0, 0.05) is 5.97 Å². The topological polar surface area (TPSA) is 48.9 Å². The average Bonchev–Trinajstić information content (AvgIpc) is 3.21. The van der Waals surface area contributed by atoms with E-state index in [0.29, 0.717) is 6.42 Å². The molecule has 0 radical (unpaired) electrons. The Balaban J connectivity index is 0.000000759. The van der Waals surface area contributed by atoms with Crippen LogP contribution in [0.4, 0.5) is 0 Å². The number of imidazole rings is 1. The number of aromatic nitrogens is 2. The maximum Gasteiger partial charge on any atom is 0.243 e. The lowest BCUT2D eigenvalue weighted by atomic mass is 9.99. The largest absolute Gasteiger partial charge is 0.550 e. The summed E-state index contributed by atoms with van der Waals surface area (Å²) in [4.78, 5) is 10.3. The van der Waals surface area contributed by atoms with E-state index in [4.69, 9.17) is 0 Å². The quantitative estimate of drug-likeness (QED) is 0.200. The molecule has 2 atom stereocenters. The van der Waals surface area contributed by atoms with E-state index in [-0.39, 0.29) is 5.92 Å². The Morgan fingerprint density at radius 3 is 2.03 bits per heavy atom. The summed E-state index contributed by atoms with van der Waals surface area (Å²) in [6, 6.07) is 0. The Hall–Kier alpha value is -1.32. The first kappa shape index (κ1) is 29.7. The first-order chi connectivity index (χ1) is 15.0. The van der Waals surface area contributed by atoms with Crippen molar-refractivity contribution in [2.45, 2.75) is 138 Å². The molecule has 1 aromatic rings. The van der Waals surface area contributed by atoms with Crippen LogP contribution in [-0.4, -0.2) is 10.5 Å². The lowest BCUT2D eigenvalue weighted by molar-refractivity contribution is -0.703. The molecule has 0 aliphatic rings. The van der Waals surface area contributed by atoms with Gasteiger partial charge in [0.15, 0.2) is 0 Å². The van der Waals surface area contributed by atoms with Gasteiger partial charge >= 0.3 is 0 Å². The number of aryl methyl sites for hydroxylation is 1. The Morgan fingerprint density at radius 2 is 1.45 bits per heavy atom. The normalized spacial score (nSPS) is 12.8. The van der Waals surface area contributed by atoms with E-state index in [1.165, 1.54) is 77.3 Å². The van der Waals surface area contributed by atoms with Gasteiger partial charge in [-0.1, -0.05) is 86.0 Å². The molecule has 4 nitrogen and oxygen atoms in total. The van der Waals surface area contributed by atoms with E-state index in [1.54, 1.807) is 0 Å². The number of carboxylic acids is 1. The van der Waals surface area contributed by atoms with E-state index in [0.717, 1.165) is 25.2 Å². The highest BCUT2D eigenvalue weighted by molar-refractivity contribution is 5.67. The molecule has 0 N–H and O–H groups in total. The van der Waals surface area contributed by atoms with Gasteiger partial charge < -0.3 is 9.90 Å². The molecule has 4 heteroatoms. The molecule has 0 aliphatic heterocycles. The lowest BCUT2D eigenvalue weighted by Gasteiger charge is -2.14. The third-order valence-corrected chi connectivity index (χ3v) is 6.26. The summed E-state index contributed by atoms with van der Waals surface area (Å²) in [5, 5.41) is 10.3. The molecule has 2 unspecified atom stereocenters. The molecule has 1 rings (SSSR count). The summed E-state index contributed by atoms with van der Waals surface area (Å²) in [5.41, 5.74) is 0. The minimum Gasteiger partial charge on any atom is -0.550 e. The highest BCUT2D eigenvalue weighted by atomic mass is 16.4. The number of carbonyl (C=O) groups excluding carboxylic acids is 1. The number of carboxylic acid groups (broad SMARTS) is 1. The van der Waals surface area contributed by atoms with Crippen LogP contribution in [0.5, 0.6) is 0 Å². The Bertz CT molecular complexity index is 527. The van der Waals surface area contributed by atoms with E-state index < -0.39 is 5.97 Å². The maximum atomic E-state index is 10.3. The number of aliphatic carboxylic acids is 1. The Kier molecular flexibility index (Phi) is 19.7. The summed E-state index contributed by atoms with van der Waals surface area (Å²) >= 11 is 0. The molecule has 0 fully saturated rings. The van der Waals surface area contributed by atoms with Gasteiger partial charge in [0.1, 0.15) is 12.4 Å². The minimum atomic E-state index is -0.893. The number of rotatable bonds is 18. The molecule has 0 aliphatic carbocycles. The molecular weight excluding hydrogens is 384 g/mol. The van der Waals surface area contributed by atoms with Gasteiger partial charge in [-0.3, -0.25) is 0 Å². The molecule has 31 heavy (non-hydrogen) atoms. The molecule has 0 amide bonds. The highest BCUT2D eigenvalue weighted by Crippen LogP contribution is 2.13. The van der Waals surface area contributed by atoms with Crippen LogP contribution in [0.15, 0.2) is 18.7 Å². The minimum absolute atomic E-state index is 0.222. The molecule has 1 heterocycles. The van der Waals surface area contributed by atoms with Crippen LogP contribution in [0.25, 0.3) is 0 Å². The summed E-state index contributed by atoms with van der Waals surface area (Å²) < 4.78 is 4.76. The number of hydrogen-bond donors (Lipinski definition) is 0. The second kappa shape index (κ2) is 20.6. The van der Waals surface area contributed by atoms with Crippen LogP contribution >= 0.6 is 0 Å². The van der Waals surface area contributed by atoms with Crippen molar-refractivity contribution >= 4 is 5.97 Å². The number of carbonyl (C=O) groups is 1. The van der Waals surface area contributed by atoms with Gasteiger partial charge in [0.2, 0.25) is 6.33 Å². The van der Waals surface area contributed by atoms with Gasteiger partial charge in [-0.15, -0.1) is 0 Å². The summed E-state index contributed by atoms with van der Waals surface area (Å²) in [7, 11) is 0. The molecule has 182 valence electrons. The fraction of sp³-hybridized carbons (Fsp3) is 0.852. The third-order valence-electron chi connectivity index (χ3n) is 6.26. The second-order valence-electron chi connectivity index (χ2n) is 9.10. The van der Waals surface area contributed by atoms with Crippen molar-refractivity contribution in [1.82, 2.24) is 4.57 Å². The number of hydrogen-bond acceptors (Lipinski definition) is 2. The van der Waals surface area contributed by atoms with Gasteiger partial charge in [-0.25, -0.2) is 9.13 Å². The van der Waals surface area contributed by atoms with Gasteiger partial charge in [0.05, 0.1) is 13.1 Å². The standard InChI is InChI=1S/C19H37N2.C8H16O2/c1-4-7-9-10-11-12-14-20-15-16-21(18-20)17-19(6-3)13-8-5-2;1-3-5-6-7(4-2)8(9)10/h15-16,18-19H,4-14,17H2,1-3H3;7H,3-6H2,1-2H3,(H,9,10)/q+1;/p-1. The predicted octanol–water partition coefficient (Wildman–Crippen LogP) is 6.31. The fourth-order valence-electron chi connectivity index (χ4n) is 3.91. The number of nitrogens with zero attached hydrogens (tertiary/aromatic N) is 2. The van der Waals surface area contributed by atoms with Gasteiger partial charge in [-0.05, 0) is 50.4 Å². The zero-order valence-electron chi connectivity index (χ0n) is 21.4. The first-order valence-corrected chi connectivity index (χ1v) is 13.3. The van der Waals surface area contributed by atoms with E-state index >= 15 is 0 Å². The van der Waals surface area contributed by atoms with Crippen LogP contribution in [0.1, 0.15) is 125 Å². The van der Waals surface area contributed by atoms with E-state index in [9.17, 15) is 9.90 Å². The summed E-state index contributed by atoms with van der Waals surface area (Å²) in [6.45, 7) is 13.2. The van der Waals surface area contributed by atoms with Crippen molar-refractivity contribution in [2.24, 2.45) is 11.8 Å². The number of unbranched alkanes of at least 4 members (excludes halogenated alkanes) is 7. The van der Waals surface area contributed by atoms with E-state index in [1.807, 2.05) is 6.92 Å². The van der Waals surface area contributed by atoms with Crippen molar-refractivity contribution in [1.29, 1.82) is 0 Å². The van der Waals surface area contributed by atoms with Crippen molar-refractivity contribution in [3.05, 3.63) is 18.7 Å². The van der Waals surface area contributed by atoms with Gasteiger partial charge in [-0.2, -0.15) is 0 Å². The van der Waals surface area contributed by atoms with Crippen molar-refractivity contribution in [2.75, 3.05) is 0 Å². The van der Waals surface area contributed by atoms with Crippen LogP contribution in [-0.2, 0) is 17.9 Å². The lowest BCUT2D eigenvalue weighted by Crippen LogP contribution is -2.35. The van der Waals surface area contributed by atoms with Crippen molar-refractivity contribution < 1.29 is 14.5 Å². The second-order valence-corrected chi connectivity index (χ2v) is 9.10. The maximum absolute atomic E-state index is 10.3. The fourth-order valence-corrected chi connectivity index (χ4v) is 3.91. The molecule has 0 aromatic carbocycles. The average molecular weight is 437 g/mol. The SMILES string of the molecule is CCCCC(CC)C(=O)[O-].CCCCCCCCn1cc[n+](CC(CC)CCCC)c1. The van der Waals surface area contributed by atoms with E-state index in [2.05, 4.69) is 55.6 Å². The smallest absolute Gasteiger partial charge is 0.243 e. The monoisotopic (exact) mass is 436 g/mol. The Labute approximate surface area is 193 Å². The summed E-state index contributed by atoms with van der Waals surface area (Å²) in [5.74, 6) is -0.268. The van der Waals surface area contributed by atoms with Crippen LogP contribution in [0.3, 0.4) is 0 Å². The van der Waals surface area contributed by atoms with Crippen LogP contribution in [0.2, 0.25) is 0 Å². The Morgan fingerprint density at radius 1 is 0.839 bits per heavy atom. The highest BCUT2D eigenvalue weighted by Gasteiger charge is 2.11. The first-order valence-electron chi connectivity index (χ1n) is 13.3. The van der Waals surface area contributed by atoms with Crippen molar-refractivity contribution in [3.8, 4) is 0 Å². The van der Waals surface area contributed by atoms with Gasteiger partial charge in [0.25, 0.3) is 0 Å². The summed E-state index contributed by atoms with van der Waals surface area (Å²) in [6.07, 6.45) is 24.0. The van der Waals surface area contributed by atoms with Crippen LogP contribution < -0.4 is 9.67 Å². The molecule has 1 aromatic heterocycles. The molecule has 0 saturated carbocycles. The zero-order chi connectivity index (χ0) is 23.3. The zero-order valence-corrected chi connectivity index (χ0v) is 21.4. The molecule has 0 bridgehead atoms.